The van der Waals surface area contributed by atoms with Crippen LogP contribution in [0.15, 0.2) is 22.7 Å². The van der Waals surface area contributed by atoms with Crippen molar-refractivity contribution in [1.29, 1.82) is 0 Å². The molecule has 0 bridgehead atoms. The largest absolute Gasteiger partial charge is 0.380 e. The number of hydrogen-bond donors (Lipinski definition) is 1. The highest BCUT2D eigenvalue weighted by atomic mass is 79.9. The molecule has 0 spiro atoms. The zero-order chi connectivity index (χ0) is 11.3. The van der Waals surface area contributed by atoms with E-state index in [0.717, 1.165) is 17.4 Å². The van der Waals surface area contributed by atoms with Gasteiger partial charge in [-0.25, -0.2) is 0 Å². The molecule has 0 aliphatic rings. The van der Waals surface area contributed by atoms with E-state index < -0.39 is 0 Å². The fraction of sp³-hybridized carbons (Fsp3) is 0.500. The molecular formula is C12H18BrNO. The lowest BCUT2D eigenvalue weighted by molar-refractivity contribution is 0.183. The molecule has 0 fully saturated rings. The Morgan fingerprint density at radius 2 is 2.20 bits per heavy atom. The van der Waals surface area contributed by atoms with Crippen molar-refractivity contribution in [2.45, 2.75) is 25.9 Å². The summed E-state index contributed by atoms with van der Waals surface area (Å²) in [5.74, 6) is 0.484. The van der Waals surface area contributed by atoms with Crippen molar-refractivity contribution in [1.82, 2.24) is 0 Å². The lowest BCUT2D eigenvalue weighted by Gasteiger charge is -2.16. The monoisotopic (exact) mass is 271 g/mol. The summed E-state index contributed by atoms with van der Waals surface area (Å²) < 4.78 is 6.30. The zero-order valence-electron chi connectivity index (χ0n) is 9.29. The van der Waals surface area contributed by atoms with E-state index in [9.17, 15) is 0 Å². The van der Waals surface area contributed by atoms with Crippen molar-refractivity contribution in [3.05, 3.63) is 33.8 Å². The van der Waals surface area contributed by atoms with Crippen molar-refractivity contribution in [2.24, 2.45) is 5.73 Å². The van der Waals surface area contributed by atoms with Gasteiger partial charge in [0.05, 0.1) is 6.61 Å². The van der Waals surface area contributed by atoms with E-state index in [0.29, 0.717) is 12.5 Å². The van der Waals surface area contributed by atoms with Crippen LogP contribution in [0.2, 0.25) is 0 Å². The number of methoxy groups -OCH3 is 1. The van der Waals surface area contributed by atoms with Gasteiger partial charge in [0.1, 0.15) is 0 Å². The molecule has 3 heteroatoms. The maximum absolute atomic E-state index is 5.59. The molecule has 15 heavy (non-hydrogen) atoms. The first-order valence-electron chi connectivity index (χ1n) is 5.16. The second-order valence-corrected chi connectivity index (χ2v) is 4.67. The van der Waals surface area contributed by atoms with Crippen molar-refractivity contribution >= 4 is 15.9 Å². The van der Waals surface area contributed by atoms with Crippen molar-refractivity contribution < 1.29 is 4.74 Å². The van der Waals surface area contributed by atoms with Gasteiger partial charge in [0.25, 0.3) is 0 Å². The predicted octanol–water partition coefficient (Wildman–Crippen LogP) is 3.05. The van der Waals surface area contributed by atoms with Gasteiger partial charge in [0, 0.05) is 11.6 Å². The fourth-order valence-corrected chi connectivity index (χ4v) is 2.10. The normalized spacial score (nSPS) is 12.8. The average molecular weight is 272 g/mol. The molecule has 1 atom stereocenters. The summed E-state index contributed by atoms with van der Waals surface area (Å²) in [5.41, 5.74) is 8.17. The number of nitrogens with two attached hydrogens (primary N) is 1. The van der Waals surface area contributed by atoms with Gasteiger partial charge < -0.3 is 10.5 Å². The third-order valence-electron chi connectivity index (χ3n) is 2.54. The summed E-state index contributed by atoms with van der Waals surface area (Å²) in [6.45, 7) is 3.59. The van der Waals surface area contributed by atoms with E-state index in [1.54, 1.807) is 7.11 Å². The number of ether oxygens (including phenoxy) is 1. The van der Waals surface area contributed by atoms with Crippen LogP contribution in [-0.4, -0.2) is 13.7 Å². The third-order valence-corrected chi connectivity index (χ3v) is 3.03. The van der Waals surface area contributed by atoms with E-state index in [1.807, 2.05) is 6.07 Å². The Bertz CT molecular complexity index is 314. The minimum Gasteiger partial charge on any atom is -0.380 e. The Morgan fingerprint density at radius 1 is 1.47 bits per heavy atom. The molecule has 0 aliphatic carbocycles. The van der Waals surface area contributed by atoms with E-state index in [-0.39, 0.29) is 0 Å². The minimum absolute atomic E-state index is 0.484. The van der Waals surface area contributed by atoms with Crippen LogP contribution in [0.4, 0.5) is 0 Å². The Kier molecular flexibility index (Phi) is 5.29. The molecule has 0 saturated carbocycles. The summed E-state index contributed by atoms with van der Waals surface area (Å²) in [5, 5.41) is 0. The summed E-state index contributed by atoms with van der Waals surface area (Å²) in [4.78, 5) is 0. The van der Waals surface area contributed by atoms with Gasteiger partial charge in [-0.05, 0) is 42.1 Å². The van der Waals surface area contributed by atoms with Crippen LogP contribution in [0.1, 0.15) is 30.4 Å². The van der Waals surface area contributed by atoms with Gasteiger partial charge >= 0.3 is 0 Å². The Morgan fingerprint density at radius 3 is 2.80 bits per heavy atom. The molecule has 1 aromatic carbocycles. The average Bonchev–Trinajstić information content (AvgIpc) is 2.21. The molecule has 0 aromatic heterocycles. The molecular weight excluding hydrogens is 254 g/mol. The van der Waals surface area contributed by atoms with Gasteiger partial charge in [-0.1, -0.05) is 28.9 Å². The van der Waals surface area contributed by atoms with Crippen molar-refractivity contribution in [3.63, 3.8) is 0 Å². The number of halogens is 1. The highest BCUT2D eigenvalue weighted by Gasteiger charge is 2.10. The van der Waals surface area contributed by atoms with Crippen LogP contribution in [0, 0.1) is 0 Å². The third kappa shape index (κ3) is 3.59. The molecule has 0 amide bonds. The van der Waals surface area contributed by atoms with E-state index in [2.05, 4.69) is 35.0 Å². The van der Waals surface area contributed by atoms with Gasteiger partial charge in [-0.15, -0.1) is 0 Å². The number of benzene rings is 1. The minimum atomic E-state index is 0.484. The van der Waals surface area contributed by atoms with Crippen molar-refractivity contribution in [2.75, 3.05) is 13.7 Å². The maximum Gasteiger partial charge on any atom is 0.0715 e. The first kappa shape index (κ1) is 12.7. The molecule has 0 heterocycles. The second kappa shape index (κ2) is 6.26. The maximum atomic E-state index is 5.59. The zero-order valence-corrected chi connectivity index (χ0v) is 10.9. The standard InChI is InChI=1S/C12H18BrNO/c1-9(5-6-14)12-7-11(13)4-3-10(12)8-15-2/h3-4,7,9H,5-6,8,14H2,1-2H3. The Hall–Kier alpha value is -0.380. The molecule has 0 saturated heterocycles. The number of hydrogen-bond acceptors (Lipinski definition) is 2. The Balaban J connectivity index is 2.95. The van der Waals surface area contributed by atoms with E-state index >= 15 is 0 Å². The number of rotatable bonds is 5. The van der Waals surface area contributed by atoms with Crippen LogP contribution in [0.5, 0.6) is 0 Å². The topological polar surface area (TPSA) is 35.2 Å². The summed E-state index contributed by atoms with van der Waals surface area (Å²) in [6.07, 6.45) is 1.01. The van der Waals surface area contributed by atoms with Crippen molar-refractivity contribution in [3.8, 4) is 0 Å². The Labute approximate surface area is 99.9 Å². The molecule has 1 unspecified atom stereocenters. The first-order valence-corrected chi connectivity index (χ1v) is 5.95. The van der Waals surface area contributed by atoms with Gasteiger partial charge in [0.2, 0.25) is 0 Å². The predicted molar refractivity (Wildman–Crippen MR) is 66.9 cm³/mol. The smallest absolute Gasteiger partial charge is 0.0715 e. The van der Waals surface area contributed by atoms with Crippen LogP contribution in [0.25, 0.3) is 0 Å². The van der Waals surface area contributed by atoms with Gasteiger partial charge in [-0.2, -0.15) is 0 Å². The summed E-state index contributed by atoms with van der Waals surface area (Å²) >= 11 is 3.49. The van der Waals surface area contributed by atoms with Crippen LogP contribution in [-0.2, 0) is 11.3 Å². The molecule has 0 radical (unpaired) electrons. The molecule has 2 nitrogen and oxygen atoms in total. The highest BCUT2D eigenvalue weighted by Crippen LogP contribution is 2.26. The lowest BCUT2D eigenvalue weighted by atomic mass is 9.93. The van der Waals surface area contributed by atoms with Crippen LogP contribution < -0.4 is 5.73 Å². The first-order chi connectivity index (χ1) is 7.19. The van der Waals surface area contributed by atoms with Gasteiger partial charge in [0.15, 0.2) is 0 Å². The lowest BCUT2D eigenvalue weighted by Crippen LogP contribution is -2.07. The molecule has 1 aromatic rings. The molecule has 0 aliphatic heterocycles. The molecule has 84 valence electrons. The molecule has 1 rings (SSSR count). The quantitative estimate of drug-likeness (QED) is 0.894. The molecule has 2 N–H and O–H groups in total. The highest BCUT2D eigenvalue weighted by molar-refractivity contribution is 9.10. The van der Waals surface area contributed by atoms with Crippen LogP contribution >= 0.6 is 15.9 Å². The van der Waals surface area contributed by atoms with E-state index in [4.69, 9.17) is 10.5 Å². The van der Waals surface area contributed by atoms with Gasteiger partial charge in [-0.3, -0.25) is 0 Å². The fourth-order valence-electron chi connectivity index (χ4n) is 1.72. The second-order valence-electron chi connectivity index (χ2n) is 3.75. The summed E-state index contributed by atoms with van der Waals surface area (Å²) in [7, 11) is 1.72. The van der Waals surface area contributed by atoms with E-state index in [1.165, 1.54) is 11.1 Å². The van der Waals surface area contributed by atoms with Crippen LogP contribution in [0.3, 0.4) is 0 Å². The SMILES string of the molecule is COCc1ccc(Br)cc1C(C)CCN. The summed E-state index contributed by atoms with van der Waals surface area (Å²) in [6, 6.07) is 6.32.